The quantitative estimate of drug-likeness (QED) is 0.386. The summed E-state index contributed by atoms with van der Waals surface area (Å²) < 4.78 is 36.6. The molecule has 1 aliphatic rings. The Morgan fingerprint density at radius 2 is 1.12 bits per heavy atom. The molecule has 7 nitrogen and oxygen atoms in total. The summed E-state index contributed by atoms with van der Waals surface area (Å²) in [5, 5.41) is 0. The van der Waals surface area contributed by atoms with Gasteiger partial charge in [-0.2, -0.15) is 0 Å². The number of benzene rings is 3. The highest BCUT2D eigenvalue weighted by Crippen LogP contribution is 2.29. The van der Waals surface area contributed by atoms with Crippen LogP contribution in [0.4, 0.5) is 4.39 Å². The maximum absolute atomic E-state index is 15.3. The number of hydrogen-bond acceptors (Lipinski definition) is 7. The van der Waals surface area contributed by atoms with Crippen LogP contribution in [0.3, 0.4) is 0 Å². The highest BCUT2D eigenvalue weighted by atomic mass is 19.1. The minimum absolute atomic E-state index is 0.204. The predicted molar refractivity (Wildman–Crippen MR) is 118 cm³/mol. The van der Waals surface area contributed by atoms with Crippen LogP contribution in [-0.4, -0.2) is 49.2 Å². The molecule has 1 heterocycles. The molecule has 0 aromatic heterocycles. The topological polar surface area (TPSA) is 88.1 Å². The molecule has 0 unspecified atom stereocenters. The highest BCUT2D eigenvalue weighted by Gasteiger charge is 2.50. The molecule has 0 bridgehead atoms. The van der Waals surface area contributed by atoms with Crippen LogP contribution in [0, 0.1) is 0 Å². The molecule has 1 aliphatic heterocycles. The van der Waals surface area contributed by atoms with Crippen molar-refractivity contribution in [3.8, 4) is 0 Å². The first kappa shape index (κ1) is 23.1. The number of carbonyl (C=O) groups is 3. The lowest BCUT2D eigenvalue weighted by molar-refractivity contribution is -0.129. The Hall–Kier alpha value is -4.04. The van der Waals surface area contributed by atoms with Crippen LogP contribution in [0.15, 0.2) is 91.0 Å². The van der Waals surface area contributed by atoms with Crippen molar-refractivity contribution >= 4 is 17.9 Å². The SMILES string of the molecule is O=C(OC[C@H]1O[C@H](OC(=O)c2ccccc2)[C@@H](F)[C@@H]1OC(=O)c1ccccc1)c1ccccc1. The first-order chi connectivity index (χ1) is 16.5. The maximum Gasteiger partial charge on any atom is 0.340 e. The van der Waals surface area contributed by atoms with E-state index in [9.17, 15) is 14.4 Å². The lowest BCUT2D eigenvalue weighted by Gasteiger charge is -2.19. The maximum atomic E-state index is 15.3. The normalized spacial score (nSPS) is 21.4. The zero-order chi connectivity index (χ0) is 23.9. The third kappa shape index (κ3) is 5.47. The summed E-state index contributed by atoms with van der Waals surface area (Å²) in [6, 6.07) is 24.2. The summed E-state index contributed by atoms with van der Waals surface area (Å²) in [4.78, 5) is 37.2. The minimum atomic E-state index is -2.00. The van der Waals surface area contributed by atoms with Gasteiger partial charge in [0.25, 0.3) is 0 Å². The van der Waals surface area contributed by atoms with Gasteiger partial charge in [0.05, 0.1) is 16.7 Å². The van der Waals surface area contributed by atoms with Crippen molar-refractivity contribution < 1.29 is 37.7 Å². The van der Waals surface area contributed by atoms with Gasteiger partial charge in [0.2, 0.25) is 12.5 Å². The molecule has 0 amide bonds. The Balaban J connectivity index is 1.47. The van der Waals surface area contributed by atoms with Crippen LogP contribution in [0.5, 0.6) is 0 Å². The van der Waals surface area contributed by atoms with Gasteiger partial charge in [-0.25, -0.2) is 18.8 Å². The summed E-state index contributed by atoms with van der Waals surface area (Å²) in [6.07, 6.45) is -6.31. The minimum Gasteiger partial charge on any atom is -0.459 e. The Kier molecular flexibility index (Phi) is 7.29. The lowest BCUT2D eigenvalue weighted by atomic mass is 10.1. The Morgan fingerprint density at radius 3 is 1.62 bits per heavy atom. The number of hydrogen-bond donors (Lipinski definition) is 0. The highest BCUT2D eigenvalue weighted by molar-refractivity contribution is 5.90. The second-order valence-corrected chi connectivity index (χ2v) is 7.46. The fourth-order valence-corrected chi connectivity index (χ4v) is 3.38. The summed E-state index contributed by atoms with van der Waals surface area (Å²) in [5.74, 6) is -2.24. The van der Waals surface area contributed by atoms with Gasteiger partial charge in [-0.3, -0.25) is 0 Å². The molecule has 4 atom stereocenters. The van der Waals surface area contributed by atoms with Crippen LogP contribution in [0.1, 0.15) is 31.1 Å². The molecule has 0 saturated carbocycles. The average molecular weight is 464 g/mol. The molecule has 4 rings (SSSR count). The fourth-order valence-electron chi connectivity index (χ4n) is 3.38. The van der Waals surface area contributed by atoms with Crippen molar-refractivity contribution in [2.24, 2.45) is 0 Å². The fraction of sp³-hybridized carbons (Fsp3) is 0.192. The Morgan fingerprint density at radius 1 is 0.676 bits per heavy atom. The molecule has 1 fully saturated rings. The van der Waals surface area contributed by atoms with E-state index in [2.05, 4.69) is 0 Å². The number of alkyl halides is 1. The molecule has 0 spiro atoms. The lowest BCUT2D eigenvalue weighted by Crippen LogP contribution is -2.37. The van der Waals surface area contributed by atoms with Crippen molar-refractivity contribution in [2.45, 2.75) is 24.7 Å². The van der Waals surface area contributed by atoms with Gasteiger partial charge in [0, 0.05) is 0 Å². The molecule has 0 radical (unpaired) electrons. The van der Waals surface area contributed by atoms with Gasteiger partial charge in [-0.1, -0.05) is 54.6 Å². The van der Waals surface area contributed by atoms with E-state index < -0.39 is 49.2 Å². The van der Waals surface area contributed by atoms with Crippen LogP contribution in [0.25, 0.3) is 0 Å². The molecule has 1 saturated heterocycles. The number of esters is 3. The summed E-state index contributed by atoms with van der Waals surface area (Å²) in [6.45, 7) is -0.416. The van der Waals surface area contributed by atoms with Gasteiger partial charge >= 0.3 is 17.9 Å². The summed E-state index contributed by atoms with van der Waals surface area (Å²) in [5.41, 5.74) is 0.705. The van der Waals surface area contributed by atoms with Gasteiger partial charge in [-0.05, 0) is 36.4 Å². The van der Waals surface area contributed by atoms with E-state index in [1.807, 2.05) is 0 Å². The molecule has 3 aromatic carbocycles. The number of halogens is 1. The van der Waals surface area contributed by atoms with Crippen molar-refractivity contribution in [1.82, 2.24) is 0 Å². The summed E-state index contributed by atoms with van der Waals surface area (Å²) >= 11 is 0. The number of rotatable bonds is 7. The van der Waals surface area contributed by atoms with E-state index in [0.717, 1.165) is 0 Å². The average Bonchev–Trinajstić information content (AvgIpc) is 3.17. The first-order valence-corrected chi connectivity index (χ1v) is 10.6. The van der Waals surface area contributed by atoms with Crippen LogP contribution in [0.2, 0.25) is 0 Å². The molecule has 0 N–H and O–H groups in total. The smallest absolute Gasteiger partial charge is 0.340 e. The number of carbonyl (C=O) groups excluding carboxylic acids is 3. The monoisotopic (exact) mass is 464 g/mol. The van der Waals surface area contributed by atoms with Crippen LogP contribution >= 0.6 is 0 Å². The van der Waals surface area contributed by atoms with E-state index in [0.29, 0.717) is 5.56 Å². The molecule has 3 aromatic rings. The standard InChI is InChI=1S/C26H21FO7/c27-21-22(33-24(29)18-12-6-2-7-13-18)20(16-31-23(28)17-10-4-1-5-11-17)32-26(21)34-25(30)19-14-8-3-9-15-19/h1-15,20-22,26H,16H2/t20-,21+,22-,26-/m1/s1. The van der Waals surface area contributed by atoms with Gasteiger partial charge in [0.15, 0.2) is 6.10 Å². The molecule has 8 heteroatoms. The van der Waals surface area contributed by atoms with Crippen molar-refractivity contribution in [3.05, 3.63) is 108 Å². The van der Waals surface area contributed by atoms with Gasteiger partial charge in [0.1, 0.15) is 12.7 Å². The van der Waals surface area contributed by atoms with Crippen LogP contribution < -0.4 is 0 Å². The zero-order valence-electron chi connectivity index (χ0n) is 17.9. The molecule has 174 valence electrons. The third-order valence-electron chi connectivity index (χ3n) is 5.12. The first-order valence-electron chi connectivity index (χ1n) is 10.6. The van der Waals surface area contributed by atoms with E-state index in [-0.39, 0.29) is 11.1 Å². The molecular formula is C26H21FO7. The Bertz CT molecular complexity index is 1120. The second kappa shape index (κ2) is 10.7. The van der Waals surface area contributed by atoms with E-state index >= 15 is 4.39 Å². The van der Waals surface area contributed by atoms with E-state index in [4.69, 9.17) is 18.9 Å². The van der Waals surface area contributed by atoms with Crippen molar-refractivity contribution in [2.75, 3.05) is 6.61 Å². The van der Waals surface area contributed by atoms with E-state index in [1.54, 1.807) is 66.7 Å². The molecule has 34 heavy (non-hydrogen) atoms. The zero-order valence-corrected chi connectivity index (χ0v) is 17.9. The largest absolute Gasteiger partial charge is 0.459 e. The predicted octanol–water partition coefficient (Wildman–Crippen LogP) is 3.99. The third-order valence-corrected chi connectivity index (χ3v) is 5.12. The number of ether oxygens (including phenoxy) is 4. The summed E-state index contributed by atoms with van der Waals surface area (Å²) in [7, 11) is 0. The second-order valence-electron chi connectivity index (χ2n) is 7.46. The van der Waals surface area contributed by atoms with Gasteiger partial charge < -0.3 is 18.9 Å². The van der Waals surface area contributed by atoms with E-state index in [1.165, 1.54) is 24.3 Å². The Labute approximate surface area is 195 Å². The van der Waals surface area contributed by atoms with Gasteiger partial charge in [-0.15, -0.1) is 0 Å². The van der Waals surface area contributed by atoms with Crippen molar-refractivity contribution in [1.29, 1.82) is 0 Å². The molecular weight excluding hydrogens is 443 g/mol. The molecule has 0 aliphatic carbocycles. The van der Waals surface area contributed by atoms with Crippen LogP contribution in [-0.2, 0) is 18.9 Å². The van der Waals surface area contributed by atoms with Crippen molar-refractivity contribution in [3.63, 3.8) is 0 Å².